The first-order valence-electron chi connectivity index (χ1n) is 11.3. The molecule has 11 nitrogen and oxygen atoms in total. The number of carbonyl (C=O) groups is 3. The van der Waals surface area contributed by atoms with E-state index < -0.39 is 28.4 Å². The molecule has 2 aromatic carbocycles. The van der Waals surface area contributed by atoms with Crippen LogP contribution in [0.25, 0.3) is 0 Å². The van der Waals surface area contributed by atoms with Crippen LogP contribution in [0.2, 0.25) is 0 Å². The SMILES string of the molecule is COCCNC(=O)c1ccccc1NC(=O)CN(c1ccc(C(=O)N2CCOCC2)cc1)S(C)(=O)=O. The maximum Gasteiger partial charge on any atom is 0.254 e. The second-order valence-electron chi connectivity index (χ2n) is 8.06. The highest BCUT2D eigenvalue weighted by atomic mass is 32.2. The Bertz CT molecular complexity index is 1180. The molecule has 36 heavy (non-hydrogen) atoms. The van der Waals surface area contributed by atoms with Crippen molar-refractivity contribution in [3.8, 4) is 0 Å². The molecule has 0 aliphatic carbocycles. The molecule has 2 aromatic rings. The van der Waals surface area contributed by atoms with Crippen molar-refractivity contribution in [2.24, 2.45) is 0 Å². The maximum absolute atomic E-state index is 12.8. The summed E-state index contributed by atoms with van der Waals surface area (Å²) >= 11 is 0. The summed E-state index contributed by atoms with van der Waals surface area (Å²) in [6.07, 6.45) is 0.990. The largest absolute Gasteiger partial charge is 0.383 e. The minimum Gasteiger partial charge on any atom is -0.383 e. The normalized spacial score (nSPS) is 13.7. The number of para-hydroxylation sites is 1. The van der Waals surface area contributed by atoms with E-state index in [9.17, 15) is 22.8 Å². The molecule has 1 saturated heterocycles. The number of nitrogens with zero attached hydrogens (tertiary/aromatic N) is 2. The molecule has 2 N–H and O–H groups in total. The van der Waals surface area contributed by atoms with Crippen molar-refractivity contribution in [1.29, 1.82) is 0 Å². The number of rotatable bonds is 10. The molecule has 0 aromatic heterocycles. The first kappa shape index (κ1) is 27.1. The van der Waals surface area contributed by atoms with Gasteiger partial charge in [-0.25, -0.2) is 8.42 Å². The fourth-order valence-corrected chi connectivity index (χ4v) is 4.45. The van der Waals surface area contributed by atoms with Gasteiger partial charge in [-0.3, -0.25) is 18.7 Å². The Morgan fingerprint density at radius 2 is 1.72 bits per heavy atom. The number of morpholine rings is 1. The third kappa shape index (κ3) is 7.26. The van der Waals surface area contributed by atoms with Crippen LogP contribution in [0.15, 0.2) is 48.5 Å². The van der Waals surface area contributed by atoms with Gasteiger partial charge < -0.3 is 25.0 Å². The first-order chi connectivity index (χ1) is 17.2. The molecule has 1 aliphatic rings. The van der Waals surface area contributed by atoms with Gasteiger partial charge in [0, 0.05) is 32.3 Å². The summed E-state index contributed by atoms with van der Waals surface area (Å²) < 4.78 is 36.1. The molecule has 1 fully saturated rings. The number of benzene rings is 2. The zero-order valence-electron chi connectivity index (χ0n) is 20.2. The van der Waals surface area contributed by atoms with E-state index in [-0.39, 0.29) is 22.8 Å². The van der Waals surface area contributed by atoms with E-state index in [1.165, 1.54) is 31.4 Å². The molecule has 3 amide bonds. The van der Waals surface area contributed by atoms with Crippen LogP contribution in [0.3, 0.4) is 0 Å². The number of hydrogen-bond donors (Lipinski definition) is 2. The Morgan fingerprint density at radius 3 is 2.36 bits per heavy atom. The van der Waals surface area contributed by atoms with Crippen molar-refractivity contribution < 1.29 is 32.3 Å². The lowest BCUT2D eigenvalue weighted by Crippen LogP contribution is -2.40. The second-order valence-corrected chi connectivity index (χ2v) is 9.97. The molecular formula is C24H30N4O7S. The van der Waals surface area contributed by atoms with Crippen molar-refractivity contribution in [1.82, 2.24) is 10.2 Å². The minimum atomic E-state index is -3.83. The fraction of sp³-hybridized carbons (Fsp3) is 0.375. The third-order valence-electron chi connectivity index (χ3n) is 5.43. The van der Waals surface area contributed by atoms with Crippen molar-refractivity contribution in [3.05, 3.63) is 59.7 Å². The van der Waals surface area contributed by atoms with Gasteiger partial charge in [0.05, 0.1) is 43.0 Å². The monoisotopic (exact) mass is 518 g/mol. The van der Waals surface area contributed by atoms with Crippen LogP contribution in [-0.2, 0) is 24.3 Å². The molecule has 0 spiro atoms. The van der Waals surface area contributed by atoms with Gasteiger partial charge in [0.2, 0.25) is 15.9 Å². The van der Waals surface area contributed by atoms with Gasteiger partial charge in [-0.1, -0.05) is 12.1 Å². The molecule has 0 atom stereocenters. The van der Waals surface area contributed by atoms with Crippen LogP contribution < -0.4 is 14.9 Å². The van der Waals surface area contributed by atoms with Gasteiger partial charge in [-0.05, 0) is 36.4 Å². The lowest BCUT2D eigenvalue weighted by Gasteiger charge is -2.27. The average molecular weight is 519 g/mol. The van der Waals surface area contributed by atoms with E-state index in [1.807, 2.05) is 0 Å². The molecule has 1 heterocycles. The highest BCUT2D eigenvalue weighted by Gasteiger charge is 2.23. The number of hydrogen-bond acceptors (Lipinski definition) is 7. The van der Waals surface area contributed by atoms with E-state index >= 15 is 0 Å². The third-order valence-corrected chi connectivity index (χ3v) is 6.57. The molecule has 0 radical (unpaired) electrons. The molecule has 0 bridgehead atoms. The summed E-state index contributed by atoms with van der Waals surface area (Å²) in [6.45, 7) is 2.03. The van der Waals surface area contributed by atoms with E-state index in [2.05, 4.69) is 10.6 Å². The van der Waals surface area contributed by atoms with Gasteiger partial charge in [0.15, 0.2) is 0 Å². The minimum absolute atomic E-state index is 0.172. The molecule has 0 saturated carbocycles. The summed E-state index contributed by atoms with van der Waals surface area (Å²) in [5, 5.41) is 5.30. The highest BCUT2D eigenvalue weighted by Crippen LogP contribution is 2.21. The predicted molar refractivity (Wildman–Crippen MR) is 135 cm³/mol. The summed E-state index contributed by atoms with van der Waals surface area (Å²) in [5.41, 5.74) is 1.12. The zero-order valence-corrected chi connectivity index (χ0v) is 21.0. The van der Waals surface area contributed by atoms with Gasteiger partial charge in [-0.2, -0.15) is 0 Å². The van der Waals surface area contributed by atoms with Crippen LogP contribution in [-0.4, -0.2) is 90.4 Å². The van der Waals surface area contributed by atoms with E-state index in [0.29, 0.717) is 45.0 Å². The molecule has 0 unspecified atom stereocenters. The number of ether oxygens (including phenoxy) is 2. The Labute approximate surface area is 210 Å². The summed E-state index contributed by atoms with van der Waals surface area (Å²) in [4.78, 5) is 39.6. The average Bonchev–Trinajstić information content (AvgIpc) is 2.87. The molecule has 12 heteroatoms. The summed E-state index contributed by atoms with van der Waals surface area (Å²) in [5.74, 6) is -1.21. The van der Waals surface area contributed by atoms with E-state index in [0.717, 1.165) is 10.6 Å². The second kappa shape index (κ2) is 12.5. The van der Waals surface area contributed by atoms with E-state index in [4.69, 9.17) is 9.47 Å². The summed E-state index contributed by atoms with van der Waals surface area (Å²) in [6, 6.07) is 12.4. The van der Waals surface area contributed by atoms with E-state index in [1.54, 1.807) is 29.2 Å². The zero-order chi connectivity index (χ0) is 26.1. The predicted octanol–water partition coefficient (Wildman–Crippen LogP) is 0.940. The van der Waals surface area contributed by atoms with Crippen molar-refractivity contribution >= 4 is 39.1 Å². The quantitative estimate of drug-likeness (QED) is 0.447. The lowest BCUT2D eigenvalue weighted by molar-refractivity contribution is -0.114. The Hall–Kier alpha value is -3.48. The number of amides is 3. The van der Waals surface area contributed by atoms with Crippen LogP contribution in [0.5, 0.6) is 0 Å². The maximum atomic E-state index is 12.8. The first-order valence-corrected chi connectivity index (χ1v) is 13.2. The number of sulfonamides is 1. The Morgan fingerprint density at radius 1 is 1.06 bits per heavy atom. The smallest absolute Gasteiger partial charge is 0.254 e. The van der Waals surface area contributed by atoms with Crippen LogP contribution in [0.4, 0.5) is 11.4 Å². The number of anilines is 2. The van der Waals surface area contributed by atoms with Crippen molar-refractivity contribution in [3.63, 3.8) is 0 Å². The van der Waals surface area contributed by atoms with Gasteiger partial charge in [0.25, 0.3) is 11.8 Å². The standard InChI is InChI=1S/C24H30N4O7S/c1-34-14-11-25-23(30)20-5-3-4-6-21(20)26-22(29)17-28(36(2,32)33)19-9-7-18(8-10-19)24(31)27-12-15-35-16-13-27/h3-10H,11-17H2,1-2H3,(H,25,30)(H,26,29). The highest BCUT2D eigenvalue weighted by molar-refractivity contribution is 7.92. The fourth-order valence-electron chi connectivity index (χ4n) is 3.59. The van der Waals surface area contributed by atoms with Gasteiger partial charge in [0.1, 0.15) is 6.54 Å². The molecule has 194 valence electrons. The number of methoxy groups -OCH3 is 1. The number of nitrogens with one attached hydrogen (secondary N) is 2. The van der Waals surface area contributed by atoms with Gasteiger partial charge in [-0.15, -0.1) is 0 Å². The summed E-state index contributed by atoms with van der Waals surface area (Å²) in [7, 11) is -2.32. The Kier molecular flexibility index (Phi) is 9.39. The van der Waals surface area contributed by atoms with Crippen LogP contribution >= 0.6 is 0 Å². The lowest BCUT2D eigenvalue weighted by atomic mass is 10.1. The van der Waals surface area contributed by atoms with Crippen molar-refractivity contribution in [2.75, 3.05) is 69.0 Å². The van der Waals surface area contributed by atoms with Crippen molar-refractivity contribution in [2.45, 2.75) is 0 Å². The molecule has 3 rings (SSSR count). The molecular weight excluding hydrogens is 488 g/mol. The number of carbonyl (C=O) groups excluding carboxylic acids is 3. The van der Waals surface area contributed by atoms with Gasteiger partial charge >= 0.3 is 0 Å². The molecule has 1 aliphatic heterocycles. The van der Waals surface area contributed by atoms with Crippen LogP contribution in [0.1, 0.15) is 20.7 Å². The van der Waals surface area contributed by atoms with Crippen LogP contribution in [0, 0.1) is 0 Å². The Balaban J connectivity index is 1.72. The topological polar surface area (TPSA) is 134 Å².